The zero-order chi connectivity index (χ0) is 19.5. The molecule has 144 valence electrons. The molecule has 0 radical (unpaired) electrons. The SMILES string of the molecule is N#Cc1ccc(N2CCC(C(=O)N3CC[C@H](c4ccc(Cl)cc4)C3)CC2)nn1. The van der Waals surface area contributed by atoms with Crippen LogP contribution in [-0.4, -0.2) is 47.2 Å². The fraction of sp³-hybridized carbons (Fsp3) is 0.429. The number of piperidine rings is 1. The molecule has 2 aromatic rings. The number of aromatic nitrogens is 2. The smallest absolute Gasteiger partial charge is 0.225 e. The molecule has 0 unspecified atom stereocenters. The third-order valence-electron chi connectivity index (χ3n) is 5.77. The van der Waals surface area contributed by atoms with E-state index >= 15 is 0 Å². The van der Waals surface area contributed by atoms with Crippen LogP contribution in [0.5, 0.6) is 0 Å². The highest BCUT2D eigenvalue weighted by molar-refractivity contribution is 6.30. The van der Waals surface area contributed by atoms with E-state index in [1.807, 2.05) is 29.2 Å². The first-order valence-corrected chi connectivity index (χ1v) is 10.0. The van der Waals surface area contributed by atoms with E-state index in [4.69, 9.17) is 16.9 Å². The van der Waals surface area contributed by atoms with Crippen molar-refractivity contribution in [1.29, 1.82) is 5.26 Å². The normalized spacial score (nSPS) is 20.2. The van der Waals surface area contributed by atoms with Crippen LogP contribution in [0.1, 0.15) is 36.4 Å². The highest BCUT2D eigenvalue weighted by Gasteiger charge is 2.33. The van der Waals surface area contributed by atoms with E-state index in [0.717, 1.165) is 56.3 Å². The Morgan fingerprint density at radius 1 is 1.04 bits per heavy atom. The third-order valence-corrected chi connectivity index (χ3v) is 6.03. The number of halogens is 1. The van der Waals surface area contributed by atoms with E-state index in [2.05, 4.69) is 27.2 Å². The minimum Gasteiger partial charge on any atom is -0.355 e. The van der Waals surface area contributed by atoms with Gasteiger partial charge in [-0.2, -0.15) is 5.26 Å². The number of carbonyl (C=O) groups excluding carboxylic acids is 1. The van der Waals surface area contributed by atoms with Gasteiger partial charge in [-0.1, -0.05) is 23.7 Å². The standard InChI is InChI=1S/C21H22ClN5O/c22-18-3-1-15(2-4-18)17-9-12-27(14-17)21(28)16-7-10-26(11-8-16)20-6-5-19(13-23)24-25-20/h1-6,16-17H,7-12,14H2/t17-/m0/s1. The van der Waals surface area contributed by atoms with Crippen molar-refractivity contribution in [2.24, 2.45) is 5.92 Å². The fourth-order valence-electron chi connectivity index (χ4n) is 4.13. The maximum atomic E-state index is 13.0. The molecule has 28 heavy (non-hydrogen) atoms. The Labute approximate surface area is 169 Å². The van der Waals surface area contributed by atoms with Crippen molar-refractivity contribution in [3.8, 4) is 6.07 Å². The molecule has 0 aliphatic carbocycles. The second-order valence-corrected chi connectivity index (χ2v) is 7.91. The van der Waals surface area contributed by atoms with Gasteiger partial charge in [0, 0.05) is 43.0 Å². The van der Waals surface area contributed by atoms with E-state index in [0.29, 0.717) is 11.6 Å². The Hall–Kier alpha value is -2.65. The molecule has 2 aliphatic rings. The van der Waals surface area contributed by atoms with Crippen molar-refractivity contribution in [3.63, 3.8) is 0 Å². The molecule has 0 saturated carbocycles. The van der Waals surface area contributed by atoms with Gasteiger partial charge in [0.25, 0.3) is 0 Å². The first-order chi connectivity index (χ1) is 13.6. The number of amides is 1. The van der Waals surface area contributed by atoms with Crippen molar-refractivity contribution in [2.75, 3.05) is 31.1 Å². The van der Waals surface area contributed by atoms with Crippen LogP contribution in [0.3, 0.4) is 0 Å². The van der Waals surface area contributed by atoms with Gasteiger partial charge in [-0.3, -0.25) is 4.79 Å². The average Bonchev–Trinajstić information content (AvgIpc) is 3.24. The van der Waals surface area contributed by atoms with Gasteiger partial charge in [-0.05, 0) is 49.1 Å². The van der Waals surface area contributed by atoms with Crippen LogP contribution < -0.4 is 4.90 Å². The van der Waals surface area contributed by atoms with E-state index in [9.17, 15) is 4.79 Å². The Morgan fingerprint density at radius 3 is 2.43 bits per heavy atom. The zero-order valence-corrected chi connectivity index (χ0v) is 16.3. The monoisotopic (exact) mass is 395 g/mol. The molecule has 3 heterocycles. The van der Waals surface area contributed by atoms with Crippen molar-refractivity contribution in [2.45, 2.75) is 25.2 Å². The summed E-state index contributed by atoms with van der Waals surface area (Å²) in [7, 11) is 0. The van der Waals surface area contributed by atoms with Gasteiger partial charge in [-0.25, -0.2) is 0 Å². The molecule has 2 fully saturated rings. The molecular weight excluding hydrogens is 374 g/mol. The van der Waals surface area contributed by atoms with Crippen LogP contribution in [0.25, 0.3) is 0 Å². The lowest BCUT2D eigenvalue weighted by molar-refractivity contribution is -0.135. The second kappa shape index (κ2) is 8.15. The summed E-state index contributed by atoms with van der Waals surface area (Å²) in [6.45, 7) is 3.19. The lowest BCUT2D eigenvalue weighted by Crippen LogP contribution is -2.42. The zero-order valence-electron chi connectivity index (χ0n) is 15.6. The number of anilines is 1. The Balaban J connectivity index is 1.31. The number of rotatable bonds is 3. The first kappa shape index (κ1) is 18.7. The number of nitriles is 1. The highest BCUT2D eigenvalue weighted by Crippen LogP contribution is 2.31. The summed E-state index contributed by atoms with van der Waals surface area (Å²) >= 11 is 5.98. The van der Waals surface area contributed by atoms with E-state index in [1.54, 1.807) is 6.07 Å². The number of nitrogens with zero attached hydrogens (tertiary/aromatic N) is 5. The number of carbonyl (C=O) groups is 1. The quantitative estimate of drug-likeness (QED) is 0.797. The van der Waals surface area contributed by atoms with Gasteiger partial charge in [0.2, 0.25) is 5.91 Å². The summed E-state index contributed by atoms with van der Waals surface area (Å²) in [5.74, 6) is 1.53. The van der Waals surface area contributed by atoms with Gasteiger partial charge in [0.05, 0.1) is 0 Å². The van der Waals surface area contributed by atoms with Crippen molar-refractivity contribution < 1.29 is 4.79 Å². The summed E-state index contributed by atoms with van der Waals surface area (Å²) in [4.78, 5) is 17.1. The molecular formula is C21H22ClN5O. The Kier molecular flexibility index (Phi) is 5.45. The molecule has 1 atom stereocenters. The molecule has 0 spiro atoms. The Bertz CT molecular complexity index is 869. The maximum Gasteiger partial charge on any atom is 0.225 e. The lowest BCUT2D eigenvalue weighted by atomic mass is 9.95. The summed E-state index contributed by atoms with van der Waals surface area (Å²) in [6, 6.07) is 13.5. The maximum absolute atomic E-state index is 13.0. The molecule has 1 aromatic carbocycles. The fourth-order valence-corrected chi connectivity index (χ4v) is 4.26. The van der Waals surface area contributed by atoms with Crippen LogP contribution in [0.15, 0.2) is 36.4 Å². The van der Waals surface area contributed by atoms with Crippen LogP contribution >= 0.6 is 11.6 Å². The van der Waals surface area contributed by atoms with Gasteiger partial charge >= 0.3 is 0 Å². The lowest BCUT2D eigenvalue weighted by Gasteiger charge is -2.33. The minimum atomic E-state index is 0.0755. The summed E-state index contributed by atoms with van der Waals surface area (Å²) in [6.07, 6.45) is 2.65. The third kappa shape index (κ3) is 3.95. The number of hydrogen-bond donors (Lipinski definition) is 0. The van der Waals surface area contributed by atoms with E-state index in [1.165, 1.54) is 5.56 Å². The molecule has 2 saturated heterocycles. The summed E-state index contributed by atoms with van der Waals surface area (Å²) < 4.78 is 0. The predicted molar refractivity (Wildman–Crippen MR) is 107 cm³/mol. The highest BCUT2D eigenvalue weighted by atomic mass is 35.5. The topological polar surface area (TPSA) is 73.1 Å². The second-order valence-electron chi connectivity index (χ2n) is 7.47. The van der Waals surface area contributed by atoms with Crippen molar-refractivity contribution in [3.05, 3.63) is 52.7 Å². The van der Waals surface area contributed by atoms with Gasteiger partial charge in [-0.15, -0.1) is 10.2 Å². The molecule has 2 aliphatic heterocycles. The van der Waals surface area contributed by atoms with E-state index in [-0.39, 0.29) is 11.8 Å². The van der Waals surface area contributed by atoms with Crippen LogP contribution in [0, 0.1) is 17.2 Å². The van der Waals surface area contributed by atoms with Crippen molar-refractivity contribution in [1.82, 2.24) is 15.1 Å². The summed E-state index contributed by atoms with van der Waals surface area (Å²) in [5, 5.41) is 17.6. The van der Waals surface area contributed by atoms with Gasteiger partial charge < -0.3 is 9.80 Å². The number of benzene rings is 1. The first-order valence-electron chi connectivity index (χ1n) is 9.67. The van der Waals surface area contributed by atoms with Crippen LogP contribution in [-0.2, 0) is 4.79 Å². The molecule has 1 aromatic heterocycles. The number of likely N-dealkylation sites (tertiary alicyclic amines) is 1. The average molecular weight is 396 g/mol. The molecule has 7 heteroatoms. The van der Waals surface area contributed by atoms with Crippen molar-refractivity contribution >= 4 is 23.3 Å². The molecule has 0 bridgehead atoms. The van der Waals surface area contributed by atoms with Gasteiger partial charge in [0.15, 0.2) is 11.5 Å². The molecule has 4 rings (SSSR count). The predicted octanol–water partition coefficient (Wildman–Crippen LogP) is 3.23. The molecule has 6 nitrogen and oxygen atoms in total. The molecule has 1 amide bonds. The van der Waals surface area contributed by atoms with Gasteiger partial charge in [0.1, 0.15) is 6.07 Å². The molecule has 0 N–H and O–H groups in total. The largest absolute Gasteiger partial charge is 0.355 e. The van der Waals surface area contributed by atoms with E-state index < -0.39 is 0 Å². The van der Waals surface area contributed by atoms with Crippen LogP contribution in [0.2, 0.25) is 5.02 Å². The number of hydrogen-bond acceptors (Lipinski definition) is 5. The minimum absolute atomic E-state index is 0.0755. The Morgan fingerprint density at radius 2 is 1.79 bits per heavy atom. The van der Waals surface area contributed by atoms with Crippen LogP contribution in [0.4, 0.5) is 5.82 Å². The summed E-state index contributed by atoms with van der Waals surface area (Å²) in [5.41, 5.74) is 1.58.